The summed E-state index contributed by atoms with van der Waals surface area (Å²) in [5, 5.41) is 11.0. The van der Waals surface area contributed by atoms with Crippen molar-refractivity contribution in [2.24, 2.45) is 7.05 Å². The van der Waals surface area contributed by atoms with Crippen LogP contribution < -0.4 is 0 Å². The summed E-state index contributed by atoms with van der Waals surface area (Å²) in [5.74, 6) is 0.0892. The number of β-amino-alcohol motifs (C(OH)–C–C–N with tert-alkyl or cyclic N) is 1. The van der Waals surface area contributed by atoms with E-state index >= 15 is 0 Å². The predicted octanol–water partition coefficient (Wildman–Crippen LogP) is 1.33. The van der Waals surface area contributed by atoms with Crippen LogP contribution in [0.4, 0.5) is 0 Å². The first-order valence-electron chi connectivity index (χ1n) is 8.91. The lowest BCUT2D eigenvalue weighted by molar-refractivity contribution is 0.0111. The van der Waals surface area contributed by atoms with Gasteiger partial charge in [-0.2, -0.15) is 0 Å². The minimum atomic E-state index is -0.472. The number of carbonyl (C=O) groups is 1. The van der Waals surface area contributed by atoms with Crippen LogP contribution in [0.2, 0.25) is 0 Å². The SMILES string of the molecule is CCOC[C@H](O)CN1CCN(C(=O)c2cccc3c2ccn3C)CC1. The highest BCUT2D eigenvalue weighted by Crippen LogP contribution is 2.21. The molecule has 0 unspecified atom stereocenters. The number of nitrogens with zero attached hydrogens (tertiary/aromatic N) is 3. The second-order valence-corrected chi connectivity index (χ2v) is 6.57. The summed E-state index contributed by atoms with van der Waals surface area (Å²) in [4.78, 5) is 17.0. The van der Waals surface area contributed by atoms with Crippen molar-refractivity contribution in [1.29, 1.82) is 0 Å². The van der Waals surface area contributed by atoms with Crippen LogP contribution in [-0.4, -0.2) is 77.4 Å². The average Bonchev–Trinajstić information content (AvgIpc) is 3.01. The molecule has 1 atom stereocenters. The minimum absolute atomic E-state index is 0.0892. The summed E-state index contributed by atoms with van der Waals surface area (Å²) in [6.07, 6.45) is 1.51. The second-order valence-electron chi connectivity index (χ2n) is 6.57. The van der Waals surface area contributed by atoms with Crippen molar-refractivity contribution < 1.29 is 14.6 Å². The number of hydrogen-bond donors (Lipinski definition) is 1. The van der Waals surface area contributed by atoms with Gasteiger partial charge in [-0.3, -0.25) is 9.69 Å². The van der Waals surface area contributed by atoms with Gasteiger partial charge in [0.2, 0.25) is 0 Å². The van der Waals surface area contributed by atoms with E-state index in [0.717, 1.165) is 29.6 Å². The monoisotopic (exact) mass is 345 g/mol. The maximum absolute atomic E-state index is 12.9. The quantitative estimate of drug-likeness (QED) is 0.858. The number of ether oxygens (including phenoxy) is 1. The van der Waals surface area contributed by atoms with Gasteiger partial charge in [-0.05, 0) is 25.1 Å². The normalized spacial score (nSPS) is 17.2. The molecule has 1 amide bonds. The molecule has 2 aromatic rings. The van der Waals surface area contributed by atoms with Gasteiger partial charge in [0.05, 0.1) is 12.7 Å². The zero-order valence-electron chi connectivity index (χ0n) is 15.0. The highest BCUT2D eigenvalue weighted by Gasteiger charge is 2.24. The van der Waals surface area contributed by atoms with Gasteiger partial charge < -0.3 is 19.3 Å². The van der Waals surface area contributed by atoms with E-state index < -0.39 is 6.10 Å². The fraction of sp³-hybridized carbons (Fsp3) is 0.526. The van der Waals surface area contributed by atoms with E-state index in [4.69, 9.17) is 4.74 Å². The number of aromatic nitrogens is 1. The fourth-order valence-electron chi connectivity index (χ4n) is 3.40. The largest absolute Gasteiger partial charge is 0.389 e. The highest BCUT2D eigenvalue weighted by atomic mass is 16.5. The molecule has 2 heterocycles. The van der Waals surface area contributed by atoms with Crippen molar-refractivity contribution in [3.63, 3.8) is 0 Å². The lowest BCUT2D eigenvalue weighted by Crippen LogP contribution is -2.50. The third-order valence-corrected chi connectivity index (χ3v) is 4.80. The van der Waals surface area contributed by atoms with Gasteiger partial charge in [-0.15, -0.1) is 0 Å². The van der Waals surface area contributed by atoms with E-state index in [9.17, 15) is 9.90 Å². The van der Waals surface area contributed by atoms with Crippen molar-refractivity contribution in [2.75, 3.05) is 45.9 Å². The van der Waals surface area contributed by atoms with Crippen molar-refractivity contribution in [3.05, 3.63) is 36.0 Å². The molecule has 1 aliphatic rings. The minimum Gasteiger partial charge on any atom is -0.389 e. The third kappa shape index (κ3) is 4.03. The number of benzene rings is 1. The summed E-state index contributed by atoms with van der Waals surface area (Å²) < 4.78 is 7.29. The molecular weight excluding hydrogens is 318 g/mol. The van der Waals surface area contributed by atoms with Gasteiger partial charge >= 0.3 is 0 Å². The molecule has 0 radical (unpaired) electrons. The van der Waals surface area contributed by atoms with E-state index in [1.54, 1.807) is 0 Å². The standard InChI is InChI=1S/C19H27N3O3/c1-3-25-14-15(23)13-21-9-11-22(12-10-21)19(24)17-5-4-6-18-16(17)7-8-20(18)2/h4-8,15,23H,3,9-14H2,1-2H3/t15-/m1/s1. The molecule has 1 aromatic carbocycles. The van der Waals surface area contributed by atoms with E-state index in [1.807, 2.05) is 53.9 Å². The number of hydrogen-bond acceptors (Lipinski definition) is 4. The molecule has 0 saturated carbocycles. The Labute approximate surface area is 148 Å². The number of aryl methyl sites for hydroxylation is 1. The third-order valence-electron chi connectivity index (χ3n) is 4.80. The summed E-state index contributed by atoms with van der Waals surface area (Å²) in [6, 6.07) is 7.88. The summed E-state index contributed by atoms with van der Waals surface area (Å²) in [6.45, 7) is 6.42. The number of aliphatic hydroxyl groups excluding tert-OH is 1. The van der Waals surface area contributed by atoms with Crippen molar-refractivity contribution in [1.82, 2.24) is 14.4 Å². The van der Waals surface area contributed by atoms with Gasteiger partial charge in [0.15, 0.2) is 0 Å². The van der Waals surface area contributed by atoms with Crippen LogP contribution in [0.3, 0.4) is 0 Å². The van der Waals surface area contributed by atoms with Crippen molar-refractivity contribution in [2.45, 2.75) is 13.0 Å². The van der Waals surface area contributed by atoms with Crippen LogP contribution in [-0.2, 0) is 11.8 Å². The molecule has 1 aromatic heterocycles. The molecule has 0 aliphatic carbocycles. The summed E-state index contributed by atoms with van der Waals surface area (Å²) >= 11 is 0. The number of fused-ring (bicyclic) bond motifs is 1. The van der Waals surface area contributed by atoms with E-state index in [-0.39, 0.29) is 5.91 Å². The van der Waals surface area contributed by atoms with Gasteiger partial charge in [0.25, 0.3) is 5.91 Å². The zero-order chi connectivity index (χ0) is 17.8. The van der Waals surface area contributed by atoms with Gasteiger partial charge in [-0.1, -0.05) is 6.07 Å². The molecule has 0 bridgehead atoms. The molecule has 1 saturated heterocycles. The van der Waals surface area contributed by atoms with Gasteiger partial charge in [0.1, 0.15) is 0 Å². The first kappa shape index (κ1) is 17.9. The van der Waals surface area contributed by atoms with E-state index in [0.29, 0.717) is 32.8 Å². The van der Waals surface area contributed by atoms with Crippen molar-refractivity contribution in [3.8, 4) is 0 Å². The smallest absolute Gasteiger partial charge is 0.254 e. The lowest BCUT2D eigenvalue weighted by atomic mass is 10.1. The molecule has 1 aliphatic heterocycles. The van der Waals surface area contributed by atoms with Gasteiger partial charge in [0, 0.05) is 69.0 Å². The van der Waals surface area contributed by atoms with Crippen LogP contribution >= 0.6 is 0 Å². The second kappa shape index (κ2) is 7.99. The number of carbonyl (C=O) groups excluding carboxylic acids is 1. The number of amides is 1. The highest BCUT2D eigenvalue weighted by molar-refractivity contribution is 6.06. The summed E-state index contributed by atoms with van der Waals surface area (Å²) in [7, 11) is 1.99. The average molecular weight is 345 g/mol. The van der Waals surface area contributed by atoms with Crippen LogP contribution in [0.1, 0.15) is 17.3 Å². The molecular formula is C19H27N3O3. The Hall–Kier alpha value is -1.89. The lowest BCUT2D eigenvalue weighted by Gasteiger charge is -2.35. The first-order valence-corrected chi connectivity index (χ1v) is 8.91. The Bertz CT molecular complexity index is 720. The summed E-state index contributed by atoms with van der Waals surface area (Å²) in [5.41, 5.74) is 1.84. The number of piperazine rings is 1. The predicted molar refractivity (Wildman–Crippen MR) is 97.8 cm³/mol. The molecule has 6 nitrogen and oxygen atoms in total. The number of aliphatic hydroxyl groups is 1. The maximum Gasteiger partial charge on any atom is 0.254 e. The van der Waals surface area contributed by atoms with Crippen LogP contribution in [0.15, 0.2) is 30.5 Å². The molecule has 6 heteroatoms. The molecule has 1 fully saturated rings. The van der Waals surface area contributed by atoms with Crippen molar-refractivity contribution >= 4 is 16.8 Å². The molecule has 0 spiro atoms. The topological polar surface area (TPSA) is 57.9 Å². The van der Waals surface area contributed by atoms with Gasteiger partial charge in [-0.25, -0.2) is 0 Å². The molecule has 136 valence electrons. The Morgan fingerprint density at radius 3 is 2.72 bits per heavy atom. The Balaban J connectivity index is 1.60. The molecule has 1 N–H and O–H groups in total. The zero-order valence-corrected chi connectivity index (χ0v) is 15.0. The Morgan fingerprint density at radius 2 is 2.00 bits per heavy atom. The fourth-order valence-corrected chi connectivity index (χ4v) is 3.40. The number of rotatable bonds is 6. The van der Waals surface area contributed by atoms with Crippen LogP contribution in [0.25, 0.3) is 10.9 Å². The first-order chi connectivity index (χ1) is 12.1. The Kier molecular flexibility index (Phi) is 5.73. The molecule has 3 rings (SSSR count). The van der Waals surface area contributed by atoms with Crippen LogP contribution in [0.5, 0.6) is 0 Å². The maximum atomic E-state index is 12.9. The van der Waals surface area contributed by atoms with Crippen LogP contribution in [0, 0.1) is 0 Å². The Morgan fingerprint density at radius 1 is 1.24 bits per heavy atom. The van der Waals surface area contributed by atoms with E-state index in [1.165, 1.54) is 0 Å². The molecule has 25 heavy (non-hydrogen) atoms. The van der Waals surface area contributed by atoms with E-state index in [2.05, 4.69) is 4.90 Å².